The van der Waals surface area contributed by atoms with Gasteiger partial charge in [0.1, 0.15) is 0 Å². The second kappa shape index (κ2) is 3.66. The first-order valence-corrected chi connectivity index (χ1v) is 6.31. The summed E-state index contributed by atoms with van der Waals surface area (Å²) in [5, 5.41) is 19.9. The fraction of sp³-hybridized carbons (Fsp3) is 0.786. The molecule has 0 saturated carbocycles. The number of aliphatic hydroxyl groups is 2. The minimum Gasteiger partial charge on any atom is -0.395 e. The van der Waals surface area contributed by atoms with Crippen LogP contribution in [0.5, 0.6) is 0 Å². The predicted octanol–water partition coefficient (Wildman–Crippen LogP) is 1.68. The maximum atomic E-state index is 12.3. The Kier molecular flexibility index (Phi) is 2.75. The van der Waals surface area contributed by atoms with Crippen LogP contribution in [-0.2, 0) is 4.79 Å². The molecule has 2 aliphatic rings. The Hall–Kier alpha value is -0.670. The van der Waals surface area contributed by atoms with E-state index in [9.17, 15) is 15.0 Å². The molecular formula is C14H22O3. The van der Waals surface area contributed by atoms with Crippen molar-refractivity contribution in [1.29, 1.82) is 0 Å². The fourth-order valence-corrected chi connectivity index (χ4v) is 3.81. The molecule has 0 aliphatic heterocycles. The summed E-state index contributed by atoms with van der Waals surface area (Å²) in [6.07, 6.45) is 0.723. The lowest BCUT2D eigenvalue weighted by Crippen LogP contribution is -2.35. The summed E-state index contributed by atoms with van der Waals surface area (Å²) < 4.78 is 0. The van der Waals surface area contributed by atoms with E-state index in [1.165, 1.54) is 0 Å². The third-order valence-corrected chi connectivity index (χ3v) is 4.39. The van der Waals surface area contributed by atoms with Gasteiger partial charge in [-0.2, -0.15) is 0 Å². The number of Topliss-reactive ketones (excluding diaryl/α,β-unsaturated/α-hetero) is 1. The summed E-state index contributed by atoms with van der Waals surface area (Å²) in [7, 11) is 0. The van der Waals surface area contributed by atoms with Gasteiger partial charge < -0.3 is 10.2 Å². The van der Waals surface area contributed by atoms with Crippen LogP contribution in [0.1, 0.15) is 40.5 Å². The summed E-state index contributed by atoms with van der Waals surface area (Å²) in [6, 6.07) is 0. The van der Waals surface area contributed by atoms with Crippen molar-refractivity contribution in [2.75, 3.05) is 6.61 Å². The molecule has 17 heavy (non-hydrogen) atoms. The summed E-state index contributed by atoms with van der Waals surface area (Å²) in [6.45, 7) is 7.87. The van der Waals surface area contributed by atoms with Gasteiger partial charge in [-0.25, -0.2) is 0 Å². The van der Waals surface area contributed by atoms with Gasteiger partial charge in [-0.15, -0.1) is 0 Å². The Labute approximate surface area is 103 Å². The van der Waals surface area contributed by atoms with Crippen molar-refractivity contribution < 1.29 is 15.0 Å². The molecule has 0 heterocycles. The molecule has 0 amide bonds. The van der Waals surface area contributed by atoms with Crippen LogP contribution < -0.4 is 0 Å². The van der Waals surface area contributed by atoms with Crippen LogP contribution in [0.4, 0.5) is 0 Å². The lowest BCUT2D eigenvalue weighted by molar-refractivity contribution is -0.121. The second-order valence-corrected chi connectivity index (χ2v) is 6.58. The van der Waals surface area contributed by atoms with Gasteiger partial charge in [0.15, 0.2) is 5.78 Å². The van der Waals surface area contributed by atoms with Gasteiger partial charge >= 0.3 is 0 Å². The summed E-state index contributed by atoms with van der Waals surface area (Å²) in [4.78, 5) is 12.3. The van der Waals surface area contributed by atoms with E-state index in [0.29, 0.717) is 12.0 Å². The molecular weight excluding hydrogens is 216 g/mol. The van der Waals surface area contributed by atoms with Crippen LogP contribution in [-0.4, -0.2) is 28.7 Å². The maximum absolute atomic E-state index is 12.3. The van der Waals surface area contributed by atoms with E-state index in [1.54, 1.807) is 0 Å². The van der Waals surface area contributed by atoms with E-state index in [1.807, 2.05) is 13.8 Å². The average Bonchev–Trinajstić information content (AvgIpc) is 2.43. The molecule has 0 aromatic rings. The monoisotopic (exact) mass is 238 g/mol. The lowest BCUT2D eigenvalue weighted by atomic mass is 9.74. The maximum Gasteiger partial charge on any atom is 0.162 e. The molecule has 0 aromatic heterocycles. The van der Waals surface area contributed by atoms with Crippen molar-refractivity contribution in [3.8, 4) is 0 Å². The van der Waals surface area contributed by atoms with E-state index in [-0.39, 0.29) is 23.7 Å². The SMILES string of the molecule is C[C@@H]1C[C@@H](O)C2=C(C1=O)[C@](C)(CO)CC2(C)C. The molecule has 2 aliphatic carbocycles. The molecule has 3 heteroatoms. The molecule has 3 nitrogen and oxygen atoms in total. The highest BCUT2D eigenvalue weighted by molar-refractivity contribution is 6.01. The van der Waals surface area contributed by atoms with E-state index in [0.717, 1.165) is 12.0 Å². The highest BCUT2D eigenvalue weighted by Crippen LogP contribution is 2.56. The average molecular weight is 238 g/mol. The van der Waals surface area contributed by atoms with Crippen LogP contribution in [0.25, 0.3) is 0 Å². The second-order valence-electron chi connectivity index (χ2n) is 6.58. The van der Waals surface area contributed by atoms with Crippen LogP contribution >= 0.6 is 0 Å². The van der Waals surface area contributed by atoms with Gasteiger partial charge in [-0.3, -0.25) is 4.79 Å². The molecule has 0 bridgehead atoms. The van der Waals surface area contributed by atoms with Crippen molar-refractivity contribution in [2.45, 2.75) is 46.6 Å². The molecule has 96 valence electrons. The van der Waals surface area contributed by atoms with E-state index >= 15 is 0 Å². The minimum absolute atomic E-state index is 0.0273. The zero-order valence-electron chi connectivity index (χ0n) is 11.1. The fourth-order valence-electron chi connectivity index (χ4n) is 3.81. The Morgan fingerprint density at radius 1 is 1.35 bits per heavy atom. The van der Waals surface area contributed by atoms with Crippen LogP contribution in [0, 0.1) is 16.7 Å². The summed E-state index contributed by atoms with van der Waals surface area (Å²) in [5.74, 6) is -0.0176. The number of carbonyl (C=O) groups is 1. The van der Waals surface area contributed by atoms with Gasteiger partial charge in [0, 0.05) is 16.9 Å². The Bertz CT molecular complexity index is 394. The Morgan fingerprint density at radius 3 is 2.47 bits per heavy atom. The summed E-state index contributed by atoms with van der Waals surface area (Å²) >= 11 is 0. The minimum atomic E-state index is -0.527. The predicted molar refractivity (Wildman–Crippen MR) is 65.4 cm³/mol. The van der Waals surface area contributed by atoms with Crippen molar-refractivity contribution in [3.63, 3.8) is 0 Å². The van der Waals surface area contributed by atoms with Gasteiger partial charge in [-0.1, -0.05) is 27.7 Å². The van der Waals surface area contributed by atoms with E-state index in [2.05, 4.69) is 13.8 Å². The highest BCUT2D eigenvalue weighted by atomic mass is 16.3. The molecule has 0 radical (unpaired) electrons. The van der Waals surface area contributed by atoms with Crippen molar-refractivity contribution in [1.82, 2.24) is 0 Å². The molecule has 0 spiro atoms. The quantitative estimate of drug-likeness (QED) is 0.730. The van der Waals surface area contributed by atoms with Crippen molar-refractivity contribution >= 4 is 5.78 Å². The van der Waals surface area contributed by atoms with Gasteiger partial charge in [0.05, 0.1) is 12.7 Å². The van der Waals surface area contributed by atoms with Crippen LogP contribution in [0.15, 0.2) is 11.1 Å². The summed E-state index contributed by atoms with van der Waals surface area (Å²) in [5.41, 5.74) is 0.904. The third-order valence-electron chi connectivity index (χ3n) is 4.39. The molecule has 0 saturated heterocycles. The third kappa shape index (κ3) is 1.67. The first kappa shape index (κ1) is 12.8. The Balaban J connectivity index is 2.61. The zero-order chi connectivity index (χ0) is 13.0. The number of rotatable bonds is 1. The molecule has 3 atom stereocenters. The van der Waals surface area contributed by atoms with E-state index in [4.69, 9.17) is 0 Å². The van der Waals surface area contributed by atoms with Gasteiger partial charge in [-0.05, 0) is 23.8 Å². The molecule has 2 rings (SSSR count). The number of ketones is 1. The highest BCUT2D eigenvalue weighted by Gasteiger charge is 2.53. The Morgan fingerprint density at radius 2 is 1.94 bits per heavy atom. The molecule has 0 fully saturated rings. The number of carbonyl (C=O) groups excluding carboxylic acids is 1. The smallest absolute Gasteiger partial charge is 0.162 e. The van der Waals surface area contributed by atoms with Gasteiger partial charge in [0.25, 0.3) is 0 Å². The topological polar surface area (TPSA) is 57.5 Å². The zero-order valence-corrected chi connectivity index (χ0v) is 11.1. The van der Waals surface area contributed by atoms with Crippen molar-refractivity contribution in [3.05, 3.63) is 11.1 Å². The van der Waals surface area contributed by atoms with Crippen LogP contribution in [0.3, 0.4) is 0 Å². The van der Waals surface area contributed by atoms with Crippen molar-refractivity contribution in [2.24, 2.45) is 16.7 Å². The molecule has 2 N–H and O–H groups in total. The number of hydrogen-bond donors (Lipinski definition) is 2. The number of hydrogen-bond acceptors (Lipinski definition) is 3. The number of aliphatic hydroxyl groups excluding tert-OH is 2. The molecule has 0 aromatic carbocycles. The standard InChI is InChI=1S/C14H22O3/c1-8-5-9(16)10-11(12(8)17)14(4,7-15)6-13(10,2)3/h8-9,15-16H,5-7H2,1-4H3/t8-,9-,14+/m1/s1. The van der Waals surface area contributed by atoms with Crippen LogP contribution in [0.2, 0.25) is 0 Å². The largest absolute Gasteiger partial charge is 0.395 e. The lowest BCUT2D eigenvalue weighted by Gasteiger charge is -2.32. The first-order valence-electron chi connectivity index (χ1n) is 6.31. The van der Waals surface area contributed by atoms with E-state index < -0.39 is 11.5 Å². The normalized spacial score (nSPS) is 40.7. The first-order chi connectivity index (χ1) is 7.73. The van der Waals surface area contributed by atoms with Gasteiger partial charge in [0.2, 0.25) is 0 Å². The molecule has 0 unspecified atom stereocenters.